The van der Waals surface area contributed by atoms with Crippen LogP contribution in [0.4, 0.5) is 0 Å². The lowest BCUT2D eigenvalue weighted by Crippen LogP contribution is -2.45. The smallest absolute Gasteiger partial charge is 0.229 e. The molecular weight excluding hydrogens is 330 g/mol. The normalized spacial score (nSPS) is 24.0. The maximum Gasteiger partial charge on any atom is 0.229 e. The van der Waals surface area contributed by atoms with Gasteiger partial charge in [0.05, 0.1) is 18.1 Å². The highest BCUT2D eigenvalue weighted by Gasteiger charge is 2.49. The van der Waals surface area contributed by atoms with Crippen LogP contribution in [0.25, 0.3) is 0 Å². The lowest BCUT2D eigenvalue weighted by atomic mass is 9.75. The summed E-state index contributed by atoms with van der Waals surface area (Å²) in [6.45, 7) is 13.8. The summed E-state index contributed by atoms with van der Waals surface area (Å²) in [5.74, 6) is -0.320. The molecule has 0 radical (unpaired) electrons. The van der Waals surface area contributed by atoms with Gasteiger partial charge < -0.3 is 14.4 Å². The first-order valence-corrected chi connectivity index (χ1v) is 12.1. The van der Waals surface area contributed by atoms with Crippen molar-refractivity contribution in [3.63, 3.8) is 0 Å². The van der Waals surface area contributed by atoms with Crippen LogP contribution in [0.3, 0.4) is 0 Å². The van der Waals surface area contributed by atoms with E-state index in [2.05, 4.69) is 33.9 Å². The number of amides is 1. The van der Waals surface area contributed by atoms with E-state index >= 15 is 0 Å². The SMILES string of the molecule is CC(O)C1C(=O)N(Cc2ccccc2)CC1C(O[SiH](C)C)C(C)(C)C. The van der Waals surface area contributed by atoms with Gasteiger partial charge in [0, 0.05) is 19.0 Å². The summed E-state index contributed by atoms with van der Waals surface area (Å²) < 4.78 is 6.37. The Balaban J connectivity index is 2.27. The highest BCUT2D eigenvalue weighted by molar-refractivity contribution is 6.48. The van der Waals surface area contributed by atoms with Crippen LogP contribution < -0.4 is 0 Å². The number of nitrogens with zero attached hydrogens (tertiary/aromatic N) is 1. The number of carbonyl (C=O) groups excluding carboxylic acids is 1. The second-order valence-electron chi connectivity index (χ2n) is 8.61. The molecule has 4 nitrogen and oxygen atoms in total. The van der Waals surface area contributed by atoms with Gasteiger partial charge in [0.1, 0.15) is 0 Å². The molecule has 4 atom stereocenters. The standard InChI is InChI=1S/C20H33NO3Si/c1-14(22)17-16(18(20(2,3)4)24-25(5)6)13-21(19(17)23)12-15-10-8-7-9-11-15/h7-11,14,16-18,22,25H,12-13H2,1-6H3. The molecule has 140 valence electrons. The van der Waals surface area contributed by atoms with Crippen molar-refractivity contribution in [1.29, 1.82) is 0 Å². The molecule has 1 aliphatic heterocycles. The molecule has 1 heterocycles. The maximum absolute atomic E-state index is 13.0. The average Bonchev–Trinajstić information content (AvgIpc) is 2.81. The van der Waals surface area contributed by atoms with Crippen molar-refractivity contribution in [3.8, 4) is 0 Å². The zero-order chi connectivity index (χ0) is 18.8. The number of carbonyl (C=O) groups is 1. The summed E-state index contributed by atoms with van der Waals surface area (Å²) in [5, 5.41) is 10.3. The van der Waals surface area contributed by atoms with Crippen LogP contribution in [0, 0.1) is 17.3 Å². The van der Waals surface area contributed by atoms with Crippen molar-refractivity contribution in [1.82, 2.24) is 4.90 Å². The number of benzene rings is 1. The van der Waals surface area contributed by atoms with E-state index in [1.165, 1.54) is 0 Å². The minimum atomic E-state index is -1.26. The number of likely N-dealkylation sites (tertiary alicyclic amines) is 1. The average molecular weight is 364 g/mol. The van der Waals surface area contributed by atoms with Crippen LogP contribution in [0.15, 0.2) is 30.3 Å². The third kappa shape index (κ3) is 4.93. The molecule has 1 aromatic carbocycles. The minimum absolute atomic E-state index is 0.0195. The van der Waals surface area contributed by atoms with Crippen LogP contribution in [0.5, 0.6) is 0 Å². The molecule has 0 aromatic heterocycles. The molecule has 1 amide bonds. The van der Waals surface area contributed by atoms with Crippen LogP contribution in [0.2, 0.25) is 13.1 Å². The highest BCUT2D eigenvalue weighted by atomic mass is 28.3. The largest absolute Gasteiger partial charge is 0.417 e. The van der Waals surface area contributed by atoms with E-state index in [-0.39, 0.29) is 29.3 Å². The number of hydrogen-bond donors (Lipinski definition) is 1. The van der Waals surface area contributed by atoms with E-state index in [0.29, 0.717) is 13.1 Å². The monoisotopic (exact) mass is 363 g/mol. The summed E-state index contributed by atoms with van der Waals surface area (Å²) in [6, 6.07) is 10.0. The lowest BCUT2D eigenvalue weighted by Gasteiger charge is -2.39. The van der Waals surface area contributed by atoms with Crippen LogP contribution >= 0.6 is 0 Å². The van der Waals surface area contributed by atoms with Gasteiger partial charge in [-0.05, 0) is 31.0 Å². The van der Waals surface area contributed by atoms with Gasteiger partial charge in [-0.15, -0.1) is 0 Å². The zero-order valence-electron chi connectivity index (χ0n) is 16.4. The van der Waals surface area contributed by atoms with E-state index in [0.717, 1.165) is 5.56 Å². The van der Waals surface area contributed by atoms with Gasteiger partial charge in [0.15, 0.2) is 9.04 Å². The second-order valence-corrected chi connectivity index (χ2v) is 11.0. The van der Waals surface area contributed by atoms with Crippen LogP contribution in [-0.2, 0) is 15.8 Å². The topological polar surface area (TPSA) is 49.8 Å². The van der Waals surface area contributed by atoms with Gasteiger partial charge in [-0.1, -0.05) is 51.1 Å². The first-order valence-electron chi connectivity index (χ1n) is 9.27. The molecule has 0 bridgehead atoms. The first-order chi connectivity index (χ1) is 11.6. The molecule has 1 fully saturated rings. The van der Waals surface area contributed by atoms with Gasteiger partial charge in [0.25, 0.3) is 0 Å². The second kappa shape index (κ2) is 8.02. The third-order valence-electron chi connectivity index (χ3n) is 4.89. The fourth-order valence-corrected chi connectivity index (χ4v) is 5.08. The molecule has 4 unspecified atom stereocenters. The summed E-state index contributed by atoms with van der Waals surface area (Å²) >= 11 is 0. The Kier molecular flexibility index (Phi) is 6.46. The Labute approximate surface area is 153 Å². The summed E-state index contributed by atoms with van der Waals surface area (Å²) in [7, 11) is -1.26. The Hall–Kier alpha value is -1.17. The zero-order valence-corrected chi connectivity index (χ0v) is 17.6. The van der Waals surface area contributed by atoms with Crippen molar-refractivity contribution >= 4 is 14.9 Å². The first kappa shape index (κ1) is 20.1. The van der Waals surface area contributed by atoms with Gasteiger partial charge >= 0.3 is 0 Å². The molecule has 1 N–H and O–H groups in total. The Morgan fingerprint density at radius 1 is 1.28 bits per heavy atom. The predicted molar refractivity (Wildman–Crippen MR) is 104 cm³/mol. The maximum atomic E-state index is 13.0. The molecule has 2 rings (SSSR count). The molecular formula is C20H33NO3Si. The van der Waals surface area contributed by atoms with Gasteiger partial charge in [-0.2, -0.15) is 0 Å². The molecule has 25 heavy (non-hydrogen) atoms. The molecule has 1 saturated heterocycles. The van der Waals surface area contributed by atoms with E-state index in [1.807, 2.05) is 35.2 Å². The molecule has 1 aromatic rings. The molecule has 0 spiro atoms. The van der Waals surface area contributed by atoms with Crippen molar-refractivity contribution in [2.45, 2.75) is 59.5 Å². The minimum Gasteiger partial charge on any atom is -0.417 e. The quantitative estimate of drug-likeness (QED) is 0.790. The van der Waals surface area contributed by atoms with Gasteiger partial charge in [0.2, 0.25) is 5.91 Å². The number of aliphatic hydroxyl groups excluding tert-OH is 1. The van der Waals surface area contributed by atoms with Crippen molar-refractivity contribution in [3.05, 3.63) is 35.9 Å². The molecule has 0 saturated carbocycles. The van der Waals surface area contributed by atoms with Crippen molar-refractivity contribution in [2.75, 3.05) is 6.54 Å². The summed E-state index contributed by atoms with van der Waals surface area (Å²) in [6.07, 6.45) is -0.691. The van der Waals surface area contributed by atoms with E-state index in [1.54, 1.807) is 6.92 Å². The highest BCUT2D eigenvalue weighted by Crippen LogP contribution is 2.39. The number of rotatable bonds is 6. The van der Waals surface area contributed by atoms with Gasteiger partial charge in [-0.25, -0.2) is 0 Å². The Morgan fingerprint density at radius 3 is 2.36 bits per heavy atom. The third-order valence-corrected chi connectivity index (χ3v) is 5.72. The van der Waals surface area contributed by atoms with Crippen LogP contribution in [0.1, 0.15) is 33.3 Å². The summed E-state index contributed by atoms with van der Waals surface area (Å²) in [5.41, 5.74) is 1.05. The Morgan fingerprint density at radius 2 is 1.88 bits per heavy atom. The summed E-state index contributed by atoms with van der Waals surface area (Å²) in [4.78, 5) is 14.9. The fraction of sp³-hybridized carbons (Fsp3) is 0.650. The van der Waals surface area contributed by atoms with Crippen molar-refractivity contribution < 1.29 is 14.3 Å². The lowest BCUT2D eigenvalue weighted by molar-refractivity contribution is -0.135. The van der Waals surface area contributed by atoms with E-state index in [9.17, 15) is 9.90 Å². The Bertz CT molecular complexity index is 568. The fourth-order valence-electron chi connectivity index (χ4n) is 3.89. The van der Waals surface area contributed by atoms with Crippen molar-refractivity contribution in [2.24, 2.45) is 17.3 Å². The van der Waals surface area contributed by atoms with Crippen LogP contribution in [-0.4, -0.2) is 43.7 Å². The van der Waals surface area contributed by atoms with E-state index in [4.69, 9.17) is 4.43 Å². The molecule has 0 aliphatic carbocycles. The number of hydrogen-bond acceptors (Lipinski definition) is 3. The van der Waals surface area contributed by atoms with E-state index < -0.39 is 15.1 Å². The molecule has 5 heteroatoms. The molecule has 1 aliphatic rings. The van der Waals surface area contributed by atoms with Gasteiger partial charge in [-0.3, -0.25) is 4.79 Å². The number of aliphatic hydroxyl groups is 1. The predicted octanol–water partition coefficient (Wildman–Crippen LogP) is 3.06.